The largest absolute Gasteiger partial charge is 0.301 e. The summed E-state index contributed by atoms with van der Waals surface area (Å²) in [6, 6.07) is 21.1. The summed E-state index contributed by atoms with van der Waals surface area (Å²) in [5.74, 6) is 0.316. The van der Waals surface area contributed by atoms with Crippen molar-refractivity contribution in [3.05, 3.63) is 71.8 Å². The minimum Gasteiger partial charge on any atom is -0.301 e. The molecule has 1 saturated heterocycles. The van der Waals surface area contributed by atoms with Crippen LogP contribution in [0, 0.1) is 0 Å². The van der Waals surface area contributed by atoms with Crippen molar-refractivity contribution in [2.75, 3.05) is 13.1 Å². The van der Waals surface area contributed by atoms with Gasteiger partial charge in [0.2, 0.25) is 0 Å². The van der Waals surface area contributed by atoms with Crippen molar-refractivity contribution in [3.8, 4) is 0 Å². The average Bonchev–Trinajstić information content (AvgIpc) is 3.22. The number of likely N-dealkylation sites (tertiary alicyclic amines) is 1. The van der Waals surface area contributed by atoms with Crippen LogP contribution in [-0.2, 0) is 10.2 Å². The van der Waals surface area contributed by atoms with Crippen molar-refractivity contribution in [3.63, 3.8) is 0 Å². The molecule has 0 saturated carbocycles. The highest BCUT2D eigenvalue weighted by molar-refractivity contribution is 5.93. The lowest BCUT2D eigenvalue weighted by Gasteiger charge is -2.38. The Morgan fingerprint density at radius 3 is 1.88 bits per heavy atom. The Hall–Kier alpha value is -1.93. The summed E-state index contributed by atoms with van der Waals surface area (Å²) in [5.41, 5.74) is 1.69. The molecule has 1 atom stereocenters. The number of ketones is 1. The maximum atomic E-state index is 13.4. The number of hydrogen-bond acceptors (Lipinski definition) is 2. The summed E-state index contributed by atoms with van der Waals surface area (Å²) in [7, 11) is 0. The van der Waals surface area contributed by atoms with Gasteiger partial charge < -0.3 is 4.90 Å². The molecular formula is C23H29NO. The van der Waals surface area contributed by atoms with E-state index in [0.717, 1.165) is 30.6 Å². The lowest BCUT2D eigenvalue weighted by molar-refractivity contribution is -0.123. The third kappa shape index (κ3) is 3.55. The van der Waals surface area contributed by atoms with E-state index in [1.807, 2.05) is 19.1 Å². The lowest BCUT2D eigenvalue weighted by atomic mass is 9.67. The van der Waals surface area contributed by atoms with E-state index >= 15 is 0 Å². The highest BCUT2D eigenvalue weighted by Gasteiger charge is 2.42. The first-order valence-corrected chi connectivity index (χ1v) is 9.57. The van der Waals surface area contributed by atoms with E-state index in [4.69, 9.17) is 0 Å². The molecule has 1 fully saturated rings. The minimum absolute atomic E-state index is 0.316. The summed E-state index contributed by atoms with van der Waals surface area (Å²) in [4.78, 5) is 15.9. The zero-order chi connectivity index (χ0) is 17.7. The molecular weight excluding hydrogens is 306 g/mol. The number of carbonyl (C=O) groups excluding carboxylic acids is 1. The fourth-order valence-corrected chi connectivity index (χ4v) is 4.34. The van der Waals surface area contributed by atoms with E-state index in [1.54, 1.807) is 0 Å². The van der Waals surface area contributed by atoms with Crippen LogP contribution in [0.1, 0.15) is 50.7 Å². The number of Topliss-reactive ketones (excluding diaryl/α,β-unsaturated/α-hetero) is 1. The van der Waals surface area contributed by atoms with E-state index in [9.17, 15) is 4.79 Å². The summed E-state index contributed by atoms with van der Waals surface area (Å²) in [5, 5.41) is 0. The second-order valence-electron chi connectivity index (χ2n) is 7.21. The van der Waals surface area contributed by atoms with Crippen LogP contribution in [0.2, 0.25) is 0 Å². The van der Waals surface area contributed by atoms with Crippen LogP contribution in [0.3, 0.4) is 0 Å². The smallest absolute Gasteiger partial charge is 0.147 e. The van der Waals surface area contributed by atoms with Gasteiger partial charge in [0.25, 0.3) is 0 Å². The first-order valence-electron chi connectivity index (χ1n) is 9.57. The van der Waals surface area contributed by atoms with E-state index in [0.29, 0.717) is 18.2 Å². The fraction of sp³-hybridized carbons (Fsp3) is 0.435. The Morgan fingerprint density at radius 2 is 1.44 bits per heavy atom. The van der Waals surface area contributed by atoms with Gasteiger partial charge in [-0.2, -0.15) is 0 Å². The van der Waals surface area contributed by atoms with Crippen LogP contribution >= 0.6 is 0 Å². The molecule has 2 heteroatoms. The molecule has 0 amide bonds. The third-order valence-electron chi connectivity index (χ3n) is 5.70. The highest BCUT2D eigenvalue weighted by Crippen LogP contribution is 2.40. The van der Waals surface area contributed by atoms with Crippen molar-refractivity contribution in [1.82, 2.24) is 4.90 Å². The molecule has 25 heavy (non-hydrogen) atoms. The lowest BCUT2D eigenvalue weighted by Crippen LogP contribution is -2.44. The Morgan fingerprint density at radius 1 is 0.960 bits per heavy atom. The molecule has 132 valence electrons. The number of benzene rings is 2. The van der Waals surface area contributed by atoms with Crippen molar-refractivity contribution in [2.24, 2.45) is 0 Å². The van der Waals surface area contributed by atoms with Crippen LogP contribution in [0.25, 0.3) is 0 Å². The summed E-state index contributed by atoms with van der Waals surface area (Å²) in [6.45, 7) is 6.58. The van der Waals surface area contributed by atoms with Gasteiger partial charge in [-0.1, -0.05) is 67.6 Å². The second-order valence-corrected chi connectivity index (χ2v) is 7.21. The minimum atomic E-state index is -0.556. The maximum absolute atomic E-state index is 13.4. The second kappa shape index (κ2) is 7.97. The zero-order valence-corrected chi connectivity index (χ0v) is 15.4. The monoisotopic (exact) mass is 335 g/mol. The van der Waals surface area contributed by atoms with E-state index in [-0.39, 0.29) is 0 Å². The van der Waals surface area contributed by atoms with Crippen molar-refractivity contribution in [2.45, 2.75) is 51.0 Å². The average molecular weight is 335 g/mol. The number of nitrogens with zero attached hydrogens (tertiary/aromatic N) is 1. The molecule has 0 N–H and O–H groups in total. The van der Waals surface area contributed by atoms with Gasteiger partial charge in [0.05, 0.1) is 5.41 Å². The predicted molar refractivity (Wildman–Crippen MR) is 104 cm³/mol. The van der Waals surface area contributed by atoms with Gasteiger partial charge in [-0.3, -0.25) is 4.79 Å². The van der Waals surface area contributed by atoms with Crippen LogP contribution < -0.4 is 0 Å². The van der Waals surface area contributed by atoms with Crippen molar-refractivity contribution >= 4 is 5.78 Å². The summed E-state index contributed by atoms with van der Waals surface area (Å²) >= 11 is 0. The molecule has 0 spiro atoms. The normalized spacial score (nSPS) is 16.7. The fourth-order valence-electron chi connectivity index (χ4n) is 4.34. The molecule has 1 heterocycles. The Labute approximate surface area is 151 Å². The molecule has 3 rings (SSSR count). The molecule has 0 bridgehead atoms. The van der Waals surface area contributed by atoms with E-state index < -0.39 is 5.41 Å². The van der Waals surface area contributed by atoms with Gasteiger partial charge in [0.15, 0.2) is 0 Å². The Balaban J connectivity index is 2.09. The Kier molecular flexibility index (Phi) is 5.70. The van der Waals surface area contributed by atoms with E-state index in [1.165, 1.54) is 12.8 Å². The van der Waals surface area contributed by atoms with Gasteiger partial charge >= 0.3 is 0 Å². The molecule has 2 nitrogen and oxygen atoms in total. The first-order chi connectivity index (χ1) is 12.2. The molecule has 2 aromatic carbocycles. The highest BCUT2D eigenvalue weighted by atomic mass is 16.1. The standard InChI is InChI=1S/C23H29NO/c1-3-22(25)23(20-12-6-4-7-13-20,21-14-8-5-9-15-21)18-19(2)24-16-10-11-17-24/h4-9,12-15,19H,3,10-11,16-18H2,1-2H3. The molecule has 0 aromatic heterocycles. The maximum Gasteiger partial charge on any atom is 0.147 e. The van der Waals surface area contributed by atoms with Gasteiger partial charge in [-0.15, -0.1) is 0 Å². The number of carbonyl (C=O) groups is 1. The predicted octanol–water partition coefficient (Wildman–Crippen LogP) is 4.83. The topological polar surface area (TPSA) is 20.3 Å². The van der Waals surface area contributed by atoms with E-state index in [2.05, 4.69) is 60.4 Å². The van der Waals surface area contributed by atoms with Crippen LogP contribution in [0.4, 0.5) is 0 Å². The molecule has 1 aliphatic rings. The van der Waals surface area contributed by atoms with Gasteiger partial charge in [0, 0.05) is 12.5 Å². The van der Waals surface area contributed by atoms with Gasteiger partial charge in [-0.05, 0) is 50.4 Å². The van der Waals surface area contributed by atoms with Gasteiger partial charge in [-0.25, -0.2) is 0 Å². The molecule has 1 aliphatic heterocycles. The molecule has 0 radical (unpaired) electrons. The summed E-state index contributed by atoms with van der Waals surface area (Å²) < 4.78 is 0. The molecule has 2 aromatic rings. The Bertz CT molecular complexity index is 634. The van der Waals surface area contributed by atoms with Crippen molar-refractivity contribution in [1.29, 1.82) is 0 Å². The SMILES string of the molecule is CCC(=O)C(CC(C)N1CCCC1)(c1ccccc1)c1ccccc1. The quantitative estimate of drug-likeness (QED) is 0.722. The van der Waals surface area contributed by atoms with Crippen LogP contribution in [-0.4, -0.2) is 29.8 Å². The van der Waals surface area contributed by atoms with Crippen LogP contribution in [0.15, 0.2) is 60.7 Å². The number of hydrogen-bond donors (Lipinski definition) is 0. The molecule has 0 aliphatic carbocycles. The number of rotatable bonds is 7. The molecule has 1 unspecified atom stereocenters. The van der Waals surface area contributed by atoms with Crippen LogP contribution in [0.5, 0.6) is 0 Å². The third-order valence-corrected chi connectivity index (χ3v) is 5.70. The first kappa shape index (κ1) is 17.9. The zero-order valence-electron chi connectivity index (χ0n) is 15.4. The van der Waals surface area contributed by atoms with Gasteiger partial charge in [0.1, 0.15) is 5.78 Å². The van der Waals surface area contributed by atoms with Crippen molar-refractivity contribution < 1.29 is 4.79 Å². The summed E-state index contributed by atoms with van der Waals surface area (Å²) in [6.07, 6.45) is 3.94.